The summed E-state index contributed by atoms with van der Waals surface area (Å²) in [5.41, 5.74) is 0.578. The van der Waals surface area contributed by atoms with E-state index in [1.54, 1.807) is 11.3 Å². The van der Waals surface area contributed by atoms with E-state index in [1.165, 1.54) is 6.20 Å². The van der Waals surface area contributed by atoms with E-state index in [0.29, 0.717) is 12.1 Å². The fraction of sp³-hybridized carbons (Fsp3) is 0.250. The van der Waals surface area contributed by atoms with Gasteiger partial charge in [-0.25, -0.2) is 0 Å². The number of aromatic amines is 1. The van der Waals surface area contributed by atoms with E-state index < -0.39 is 6.10 Å². The first kappa shape index (κ1) is 9.82. The predicted molar refractivity (Wildman–Crippen MR) is 57.1 cm³/mol. The lowest BCUT2D eigenvalue weighted by Gasteiger charge is -2.03. The molecule has 2 N–H and O–H groups in total. The van der Waals surface area contributed by atoms with Crippen LogP contribution in [-0.4, -0.2) is 20.5 Å². The van der Waals surface area contributed by atoms with E-state index >= 15 is 0 Å². The van der Waals surface area contributed by atoms with Crippen molar-refractivity contribution in [3.63, 3.8) is 0 Å². The highest BCUT2D eigenvalue weighted by Gasteiger charge is 2.12. The van der Waals surface area contributed by atoms with E-state index in [9.17, 15) is 5.11 Å². The molecule has 0 aliphatic carbocycles. The van der Waals surface area contributed by atoms with Crippen LogP contribution in [0, 0.1) is 0 Å². The van der Waals surface area contributed by atoms with Crippen LogP contribution in [0.1, 0.15) is 16.7 Å². The lowest BCUT2D eigenvalue weighted by Crippen LogP contribution is -2.00. The molecule has 1 unspecified atom stereocenters. The van der Waals surface area contributed by atoms with Crippen LogP contribution < -0.4 is 0 Å². The molecule has 0 amide bonds. The van der Waals surface area contributed by atoms with Crippen LogP contribution in [0.15, 0.2) is 22.1 Å². The molecule has 0 aromatic carbocycles. The highest BCUT2D eigenvalue weighted by molar-refractivity contribution is 9.11. The highest BCUT2D eigenvalue weighted by Crippen LogP contribution is 2.25. The SMILES string of the molecule is OC(Cc1ccc(Br)s1)c1cn[nH]n1. The summed E-state index contributed by atoms with van der Waals surface area (Å²) < 4.78 is 1.07. The van der Waals surface area contributed by atoms with Gasteiger partial charge in [-0.2, -0.15) is 15.4 Å². The van der Waals surface area contributed by atoms with Gasteiger partial charge in [-0.1, -0.05) is 0 Å². The predicted octanol–water partition coefficient (Wildman–Crippen LogP) is 1.90. The maximum atomic E-state index is 9.74. The van der Waals surface area contributed by atoms with Crippen molar-refractivity contribution >= 4 is 27.3 Å². The van der Waals surface area contributed by atoms with Crippen LogP contribution in [0.5, 0.6) is 0 Å². The van der Waals surface area contributed by atoms with Crippen molar-refractivity contribution in [2.24, 2.45) is 0 Å². The quantitative estimate of drug-likeness (QED) is 0.898. The van der Waals surface area contributed by atoms with Crippen LogP contribution in [0.3, 0.4) is 0 Å². The molecule has 0 spiro atoms. The minimum absolute atomic E-state index is 0.572. The van der Waals surface area contributed by atoms with Crippen molar-refractivity contribution in [1.29, 1.82) is 0 Å². The first-order valence-corrected chi connectivity index (χ1v) is 5.64. The number of H-pyrrole nitrogens is 1. The second-order valence-electron chi connectivity index (χ2n) is 2.82. The zero-order valence-corrected chi connectivity index (χ0v) is 9.55. The van der Waals surface area contributed by atoms with Crippen molar-refractivity contribution in [2.45, 2.75) is 12.5 Å². The van der Waals surface area contributed by atoms with Crippen LogP contribution in [0.2, 0.25) is 0 Å². The average molecular weight is 274 g/mol. The van der Waals surface area contributed by atoms with Gasteiger partial charge in [0.15, 0.2) is 0 Å². The molecule has 0 saturated heterocycles. The average Bonchev–Trinajstić information content (AvgIpc) is 2.75. The maximum absolute atomic E-state index is 9.74. The Hall–Kier alpha value is -0.720. The number of thiophene rings is 1. The van der Waals surface area contributed by atoms with Crippen LogP contribution in [0.4, 0.5) is 0 Å². The third-order valence-electron chi connectivity index (χ3n) is 1.80. The summed E-state index contributed by atoms with van der Waals surface area (Å²) in [4.78, 5) is 1.12. The number of aromatic nitrogens is 3. The molecular weight excluding hydrogens is 266 g/mol. The van der Waals surface area contributed by atoms with E-state index in [-0.39, 0.29) is 0 Å². The topological polar surface area (TPSA) is 61.8 Å². The summed E-state index contributed by atoms with van der Waals surface area (Å²) >= 11 is 4.99. The molecule has 0 aliphatic heterocycles. The zero-order chi connectivity index (χ0) is 9.97. The Morgan fingerprint density at radius 1 is 1.57 bits per heavy atom. The highest BCUT2D eigenvalue weighted by atomic mass is 79.9. The van der Waals surface area contributed by atoms with Gasteiger partial charge in [0.2, 0.25) is 0 Å². The standard InChI is InChI=1S/C8H8BrN3OS/c9-8-2-1-5(14-8)3-7(13)6-4-10-12-11-6/h1-2,4,7,13H,3H2,(H,10,11,12). The molecule has 4 nitrogen and oxygen atoms in total. The smallest absolute Gasteiger partial charge is 0.111 e. The second kappa shape index (κ2) is 4.20. The van der Waals surface area contributed by atoms with E-state index in [2.05, 4.69) is 31.3 Å². The van der Waals surface area contributed by atoms with Gasteiger partial charge in [0, 0.05) is 11.3 Å². The van der Waals surface area contributed by atoms with Crippen LogP contribution in [-0.2, 0) is 6.42 Å². The monoisotopic (exact) mass is 273 g/mol. The molecule has 74 valence electrons. The number of rotatable bonds is 3. The summed E-state index contributed by atoms with van der Waals surface area (Å²) in [5.74, 6) is 0. The molecular formula is C8H8BrN3OS. The molecule has 1 atom stereocenters. The lowest BCUT2D eigenvalue weighted by molar-refractivity contribution is 0.174. The number of hydrogen-bond acceptors (Lipinski definition) is 4. The fourth-order valence-electron chi connectivity index (χ4n) is 1.13. The molecule has 2 aromatic rings. The Morgan fingerprint density at radius 3 is 3.00 bits per heavy atom. The zero-order valence-electron chi connectivity index (χ0n) is 7.14. The van der Waals surface area contributed by atoms with Gasteiger partial charge in [-0.15, -0.1) is 11.3 Å². The Balaban J connectivity index is 2.05. The fourth-order valence-corrected chi connectivity index (χ4v) is 2.65. The van der Waals surface area contributed by atoms with Gasteiger partial charge in [0.25, 0.3) is 0 Å². The summed E-state index contributed by atoms with van der Waals surface area (Å²) in [6, 6.07) is 3.95. The van der Waals surface area contributed by atoms with E-state index in [0.717, 1.165) is 8.66 Å². The summed E-state index contributed by atoms with van der Waals surface area (Å²) in [6.07, 6.45) is 1.52. The lowest BCUT2D eigenvalue weighted by atomic mass is 10.2. The van der Waals surface area contributed by atoms with E-state index in [1.807, 2.05) is 12.1 Å². The number of nitrogens with one attached hydrogen (secondary N) is 1. The molecule has 0 fully saturated rings. The first-order chi connectivity index (χ1) is 6.75. The molecule has 0 radical (unpaired) electrons. The number of halogens is 1. The summed E-state index contributed by atoms with van der Waals surface area (Å²) in [6.45, 7) is 0. The van der Waals surface area contributed by atoms with Crippen molar-refractivity contribution < 1.29 is 5.11 Å². The first-order valence-electron chi connectivity index (χ1n) is 4.03. The normalized spacial score (nSPS) is 13.0. The van der Waals surface area contributed by atoms with Crippen LogP contribution >= 0.6 is 27.3 Å². The molecule has 6 heteroatoms. The Morgan fingerprint density at radius 2 is 2.43 bits per heavy atom. The number of hydrogen-bond donors (Lipinski definition) is 2. The van der Waals surface area contributed by atoms with Gasteiger partial charge in [0.1, 0.15) is 11.8 Å². The van der Waals surface area contributed by atoms with Gasteiger partial charge in [-0.3, -0.25) is 0 Å². The second-order valence-corrected chi connectivity index (χ2v) is 5.37. The van der Waals surface area contributed by atoms with Crippen LogP contribution in [0.25, 0.3) is 0 Å². The molecule has 14 heavy (non-hydrogen) atoms. The minimum atomic E-state index is -0.584. The molecule has 2 heterocycles. The maximum Gasteiger partial charge on any atom is 0.111 e. The van der Waals surface area contributed by atoms with Gasteiger partial charge >= 0.3 is 0 Å². The van der Waals surface area contributed by atoms with E-state index in [4.69, 9.17) is 0 Å². The Labute approximate surface area is 93.1 Å². The molecule has 0 saturated carbocycles. The Kier molecular flexibility index (Phi) is 2.95. The number of nitrogens with zero attached hydrogens (tertiary/aromatic N) is 2. The van der Waals surface area contributed by atoms with Crippen molar-refractivity contribution in [3.05, 3.63) is 32.7 Å². The molecule has 2 rings (SSSR count). The largest absolute Gasteiger partial charge is 0.386 e. The van der Waals surface area contributed by atoms with Crippen molar-refractivity contribution in [1.82, 2.24) is 15.4 Å². The third kappa shape index (κ3) is 2.20. The molecule has 0 aliphatic rings. The summed E-state index contributed by atoms with van der Waals surface area (Å²) in [7, 11) is 0. The van der Waals surface area contributed by atoms with Crippen molar-refractivity contribution in [3.8, 4) is 0 Å². The van der Waals surface area contributed by atoms with Gasteiger partial charge < -0.3 is 5.11 Å². The third-order valence-corrected chi connectivity index (χ3v) is 3.44. The number of aliphatic hydroxyl groups excluding tert-OH is 1. The minimum Gasteiger partial charge on any atom is -0.386 e. The van der Waals surface area contributed by atoms with Gasteiger partial charge in [-0.05, 0) is 28.1 Å². The van der Waals surface area contributed by atoms with Crippen molar-refractivity contribution in [2.75, 3.05) is 0 Å². The Bertz CT molecular complexity index is 400. The number of aliphatic hydroxyl groups is 1. The van der Waals surface area contributed by atoms with Gasteiger partial charge in [0.05, 0.1) is 9.98 Å². The molecule has 0 bridgehead atoms. The molecule has 2 aromatic heterocycles. The summed E-state index contributed by atoms with van der Waals surface area (Å²) in [5, 5.41) is 19.7.